The van der Waals surface area contributed by atoms with Crippen LogP contribution >= 0.6 is 15.9 Å². The van der Waals surface area contributed by atoms with Crippen molar-refractivity contribution in [1.29, 1.82) is 0 Å². The third kappa shape index (κ3) is 4.72. The number of rotatable bonds is 5. The Kier molecular flexibility index (Phi) is 6.38. The third-order valence-corrected chi connectivity index (χ3v) is 2.66. The van der Waals surface area contributed by atoms with E-state index in [2.05, 4.69) is 21.2 Å². The Balaban J connectivity index is 3.67. The quantitative estimate of drug-likeness (QED) is 0.703. The van der Waals surface area contributed by atoms with Gasteiger partial charge in [-0.05, 0) is 19.8 Å². The van der Waals surface area contributed by atoms with Crippen molar-refractivity contribution in [2.45, 2.75) is 37.6 Å². The summed E-state index contributed by atoms with van der Waals surface area (Å²) in [7, 11) is 0. The number of nitrogens with one attached hydrogen (secondary N) is 1. The van der Waals surface area contributed by atoms with Gasteiger partial charge >= 0.3 is 0 Å². The van der Waals surface area contributed by atoms with Crippen molar-refractivity contribution >= 4 is 21.8 Å². The highest BCUT2D eigenvalue weighted by Gasteiger charge is 2.13. The zero-order valence-corrected chi connectivity index (χ0v) is 9.10. The van der Waals surface area contributed by atoms with E-state index in [0.29, 0.717) is 6.42 Å². The molecule has 0 aliphatic rings. The van der Waals surface area contributed by atoms with Gasteiger partial charge in [0.25, 0.3) is 0 Å². The molecule has 0 aliphatic heterocycles. The molecule has 2 N–H and O–H groups in total. The molecule has 3 nitrogen and oxygen atoms in total. The first-order valence-corrected chi connectivity index (χ1v) is 5.08. The first-order chi connectivity index (χ1) is 5.61. The summed E-state index contributed by atoms with van der Waals surface area (Å²) in [6.07, 6.45) is 1.38. The molecule has 2 atom stereocenters. The summed E-state index contributed by atoms with van der Waals surface area (Å²) in [5.74, 6) is -0.00144. The van der Waals surface area contributed by atoms with Gasteiger partial charge in [0.2, 0.25) is 5.91 Å². The summed E-state index contributed by atoms with van der Waals surface area (Å²) in [6, 6.07) is 0.0501. The van der Waals surface area contributed by atoms with Gasteiger partial charge < -0.3 is 10.4 Å². The van der Waals surface area contributed by atoms with Gasteiger partial charge in [-0.3, -0.25) is 4.79 Å². The van der Waals surface area contributed by atoms with Gasteiger partial charge in [-0.2, -0.15) is 0 Å². The molecule has 0 aliphatic carbocycles. The highest BCUT2D eigenvalue weighted by Crippen LogP contribution is 2.04. The number of halogens is 1. The minimum atomic E-state index is -0.112. The molecule has 4 heteroatoms. The van der Waals surface area contributed by atoms with Crippen molar-refractivity contribution in [2.75, 3.05) is 6.61 Å². The van der Waals surface area contributed by atoms with Crippen LogP contribution in [0.25, 0.3) is 0 Å². The first kappa shape index (κ1) is 11.9. The fraction of sp³-hybridized carbons (Fsp3) is 0.875. The van der Waals surface area contributed by atoms with Crippen LogP contribution in [-0.4, -0.2) is 28.5 Å². The van der Waals surface area contributed by atoms with Gasteiger partial charge in [-0.1, -0.05) is 22.9 Å². The predicted octanol–water partition coefficient (Wildman–Crippen LogP) is 1.05. The van der Waals surface area contributed by atoms with Crippen LogP contribution < -0.4 is 5.32 Å². The Morgan fingerprint density at radius 1 is 1.67 bits per heavy atom. The van der Waals surface area contributed by atoms with Crippen molar-refractivity contribution in [3.63, 3.8) is 0 Å². The van der Waals surface area contributed by atoms with E-state index in [1.54, 1.807) is 0 Å². The molecule has 0 aromatic heterocycles. The van der Waals surface area contributed by atoms with Crippen LogP contribution in [0.3, 0.4) is 0 Å². The smallest absolute Gasteiger partial charge is 0.233 e. The summed E-state index contributed by atoms with van der Waals surface area (Å²) < 4.78 is 0. The monoisotopic (exact) mass is 237 g/mol. The van der Waals surface area contributed by atoms with Crippen LogP contribution in [0.15, 0.2) is 0 Å². The molecule has 0 aromatic rings. The zero-order chi connectivity index (χ0) is 9.56. The van der Waals surface area contributed by atoms with Crippen molar-refractivity contribution < 1.29 is 9.90 Å². The van der Waals surface area contributed by atoms with Crippen LogP contribution in [-0.2, 0) is 4.79 Å². The molecule has 1 amide bonds. The fourth-order valence-corrected chi connectivity index (χ4v) is 0.917. The molecule has 0 radical (unpaired) electrons. The topological polar surface area (TPSA) is 49.3 Å². The summed E-state index contributed by atoms with van der Waals surface area (Å²) in [6.45, 7) is 3.93. The highest BCUT2D eigenvalue weighted by molar-refractivity contribution is 9.10. The number of aliphatic hydroxyl groups excluding tert-OH is 1. The molecule has 0 heterocycles. The molecule has 0 spiro atoms. The van der Waals surface area contributed by atoms with Crippen LogP contribution in [0, 0.1) is 0 Å². The van der Waals surface area contributed by atoms with Crippen LogP contribution in [0.4, 0.5) is 0 Å². The number of carbonyl (C=O) groups excluding carboxylic acids is 1. The number of alkyl halides is 1. The minimum Gasteiger partial charge on any atom is -0.396 e. The molecular formula is C8H16BrNO2. The van der Waals surface area contributed by atoms with E-state index < -0.39 is 0 Å². The molecule has 12 heavy (non-hydrogen) atoms. The van der Waals surface area contributed by atoms with Gasteiger partial charge in [-0.15, -0.1) is 0 Å². The lowest BCUT2D eigenvalue weighted by Crippen LogP contribution is -2.37. The largest absolute Gasteiger partial charge is 0.396 e. The first-order valence-electron chi connectivity index (χ1n) is 4.17. The summed E-state index contributed by atoms with van der Waals surface area (Å²) in [5, 5.41) is 11.4. The van der Waals surface area contributed by atoms with Gasteiger partial charge in [0.15, 0.2) is 0 Å². The number of carbonyl (C=O) groups is 1. The second kappa shape index (κ2) is 6.43. The van der Waals surface area contributed by atoms with Crippen molar-refractivity contribution in [3.8, 4) is 0 Å². The SMILES string of the molecule is CCC(Br)C(=O)NC(C)CCO. The van der Waals surface area contributed by atoms with Crippen molar-refractivity contribution in [1.82, 2.24) is 5.32 Å². The molecule has 0 saturated heterocycles. The van der Waals surface area contributed by atoms with E-state index in [1.165, 1.54) is 0 Å². The lowest BCUT2D eigenvalue weighted by molar-refractivity contribution is -0.121. The van der Waals surface area contributed by atoms with Crippen LogP contribution in [0.5, 0.6) is 0 Å². The Morgan fingerprint density at radius 2 is 2.25 bits per heavy atom. The minimum absolute atomic E-state index is 0.00144. The Bertz CT molecular complexity index is 141. The van der Waals surface area contributed by atoms with E-state index >= 15 is 0 Å². The normalized spacial score (nSPS) is 15.3. The van der Waals surface area contributed by atoms with Gasteiger partial charge in [0, 0.05) is 12.6 Å². The second-order valence-corrected chi connectivity index (χ2v) is 3.90. The Labute approximate surface area is 81.7 Å². The molecular weight excluding hydrogens is 222 g/mol. The van der Waals surface area contributed by atoms with Crippen LogP contribution in [0.2, 0.25) is 0 Å². The summed E-state index contributed by atoms with van der Waals surface area (Å²) >= 11 is 3.25. The molecule has 0 saturated carbocycles. The van der Waals surface area contributed by atoms with E-state index in [9.17, 15) is 4.79 Å². The number of hydrogen-bond acceptors (Lipinski definition) is 2. The maximum atomic E-state index is 11.2. The zero-order valence-electron chi connectivity index (χ0n) is 7.51. The predicted molar refractivity (Wildman–Crippen MR) is 52.3 cm³/mol. The van der Waals surface area contributed by atoms with E-state index in [0.717, 1.165) is 6.42 Å². The van der Waals surface area contributed by atoms with Crippen molar-refractivity contribution in [2.24, 2.45) is 0 Å². The van der Waals surface area contributed by atoms with Gasteiger partial charge in [0.1, 0.15) is 0 Å². The number of hydrogen-bond donors (Lipinski definition) is 2. The summed E-state index contributed by atoms with van der Waals surface area (Å²) in [5.41, 5.74) is 0. The maximum Gasteiger partial charge on any atom is 0.233 e. The standard InChI is InChI=1S/C8H16BrNO2/c1-3-7(9)8(12)10-6(2)4-5-11/h6-7,11H,3-5H2,1-2H3,(H,10,12). The Morgan fingerprint density at radius 3 is 2.67 bits per heavy atom. The highest BCUT2D eigenvalue weighted by atomic mass is 79.9. The third-order valence-electron chi connectivity index (χ3n) is 1.59. The van der Waals surface area contributed by atoms with Crippen molar-refractivity contribution in [3.05, 3.63) is 0 Å². The molecule has 2 unspecified atom stereocenters. The maximum absolute atomic E-state index is 11.2. The molecule has 0 aromatic carbocycles. The molecule has 0 bridgehead atoms. The second-order valence-electron chi connectivity index (χ2n) is 2.80. The lowest BCUT2D eigenvalue weighted by Gasteiger charge is -2.14. The molecule has 0 fully saturated rings. The summed E-state index contributed by atoms with van der Waals surface area (Å²) in [4.78, 5) is 11.1. The molecule has 72 valence electrons. The lowest BCUT2D eigenvalue weighted by atomic mass is 10.2. The van der Waals surface area contributed by atoms with E-state index in [4.69, 9.17) is 5.11 Å². The molecule has 0 rings (SSSR count). The van der Waals surface area contributed by atoms with Gasteiger partial charge in [-0.25, -0.2) is 0 Å². The average Bonchev–Trinajstić information content (AvgIpc) is 2.03. The average molecular weight is 238 g/mol. The van der Waals surface area contributed by atoms with E-state index in [1.807, 2.05) is 13.8 Å². The number of amides is 1. The number of aliphatic hydroxyl groups is 1. The van der Waals surface area contributed by atoms with Gasteiger partial charge in [0.05, 0.1) is 4.83 Å². The van der Waals surface area contributed by atoms with Crippen LogP contribution in [0.1, 0.15) is 26.7 Å². The van der Waals surface area contributed by atoms with E-state index in [-0.39, 0.29) is 23.4 Å². The Hall–Kier alpha value is -0.0900. The fourth-order valence-electron chi connectivity index (χ4n) is 0.784.